The SMILES string of the molecule is CCOC(=O)C=C(C)NCCc1ccc(O)c(OC)c1. The van der Waals surface area contributed by atoms with Gasteiger partial charge in [0.1, 0.15) is 0 Å². The molecule has 1 aromatic rings. The van der Waals surface area contributed by atoms with Crippen molar-refractivity contribution in [1.82, 2.24) is 5.32 Å². The minimum atomic E-state index is -0.344. The Kier molecular flexibility index (Phi) is 6.43. The Morgan fingerprint density at radius 1 is 1.45 bits per heavy atom. The molecule has 0 atom stereocenters. The fraction of sp³-hybridized carbons (Fsp3) is 0.400. The Balaban J connectivity index is 2.46. The largest absolute Gasteiger partial charge is 0.504 e. The Labute approximate surface area is 119 Å². The molecule has 0 heterocycles. The molecule has 1 rings (SSSR count). The van der Waals surface area contributed by atoms with Crippen LogP contribution in [0.5, 0.6) is 11.5 Å². The third kappa shape index (κ3) is 5.22. The zero-order chi connectivity index (χ0) is 15.0. The molecule has 1 aromatic carbocycles. The quantitative estimate of drug-likeness (QED) is 0.590. The molecule has 0 unspecified atom stereocenters. The number of hydrogen-bond acceptors (Lipinski definition) is 5. The van der Waals surface area contributed by atoms with Crippen LogP contribution in [0.25, 0.3) is 0 Å². The molecule has 0 bridgehead atoms. The molecule has 5 nitrogen and oxygen atoms in total. The number of ether oxygens (including phenoxy) is 2. The molecule has 0 saturated carbocycles. The maximum absolute atomic E-state index is 11.2. The van der Waals surface area contributed by atoms with E-state index in [1.807, 2.05) is 13.0 Å². The number of rotatable bonds is 7. The topological polar surface area (TPSA) is 67.8 Å². The molecule has 0 aliphatic heterocycles. The van der Waals surface area contributed by atoms with Gasteiger partial charge in [-0.25, -0.2) is 4.79 Å². The Morgan fingerprint density at radius 3 is 2.85 bits per heavy atom. The lowest BCUT2D eigenvalue weighted by Gasteiger charge is -2.09. The first kappa shape index (κ1) is 15.9. The normalized spacial score (nSPS) is 11.1. The van der Waals surface area contributed by atoms with Gasteiger partial charge in [0, 0.05) is 18.3 Å². The zero-order valence-electron chi connectivity index (χ0n) is 12.1. The molecular formula is C15H21NO4. The lowest BCUT2D eigenvalue weighted by Crippen LogP contribution is -2.16. The minimum Gasteiger partial charge on any atom is -0.504 e. The summed E-state index contributed by atoms with van der Waals surface area (Å²) in [4.78, 5) is 11.2. The number of allylic oxidation sites excluding steroid dienone is 1. The third-order valence-corrected chi connectivity index (χ3v) is 2.68. The number of phenols is 1. The van der Waals surface area contributed by atoms with Gasteiger partial charge in [-0.3, -0.25) is 0 Å². The van der Waals surface area contributed by atoms with Crippen LogP contribution in [-0.2, 0) is 16.0 Å². The van der Waals surface area contributed by atoms with E-state index in [-0.39, 0.29) is 11.7 Å². The van der Waals surface area contributed by atoms with Crippen molar-refractivity contribution in [2.75, 3.05) is 20.3 Å². The van der Waals surface area contributed by atoms with Crippen LogP contribution in [0, 0.1) is 0 Å². The second-order valence-electron chi connectivity index (χ2n) is 4.26. The van der Waals surface area contributed by atoms with Crippen molar-refractivity contribution >= 4 is 5.97 Å². The Morgan fingerprint density at radius 2 is 2.20 bits per heavy atom. The number of hydrogen-bond donors (Lipinski definition) is 2. The lowest BCUT2D eigenvalue weighted by molar-refractivity contribution is -0.137. The van der Waals surface area contributed by atoms with E-state index in [1.165, 1.54) is 13.2 Å². The molecule has 110 valence electrons. The third-order valence-electron chi connectivity index (χ3n) is 2.68. The van der Waals surface area contributed by atoms with Crippen LogP contribution >= 0.6 is 0 Å². The highest BCUT2D eigenvalue weighted by atomic mass is 16.5. The highest BCUT2D eigenvalue weighted by Gasteiger charge is 2.03. The van der Waals surface area contributed by atoms with Crippen LogP contribution in [0.3, 0.4) is 0 Å². The van der Waals surface area contributed by atoms with Crippen LogP contribution in [0.1, 0.15) is 19.4 Å². The average Bonchev–Trinajstić information content (AvgIpc) is 2.40. The van der Waals surface area contributed by atoms with Crippen molar-refractivity contribution in [3.05, 3.63) is 35.5 Å². The predicted octanol–water partition coefficient (Wildman–Crippen LogP) is 2.00. The monoisotopic (exact) mass is 279 g/mol. The van der Waals surface area contributed by atoms with E-state index in [9.17, 15) is 9.90 Å². The molecule has 0 amide bonds. The zero-order valence-corrected chi connectivity index (χ0v) is 12.1. The molecule has 0 fully saturated rings. The number of methoxy groups -OCH3 is 1. The van der Waals surface area contributed by atoms with Gasteiger partial charge in [-0.15, -0.1) is 0 Å². The minimum absolute atomic E-state index is 0.127. The molecule has 20 heavy (non-hydrogen) atoms. The molecule has 0 aromatic heterocycles. The second-order valence-corrected chi connectivity index (χ2v) is 4.26. The van der Waals surface area contributed by atoms with E-state index in [0.29, 0.717) is 18.9 Å². The maximum Gasteiger partial charge on any atom is 0.332 e. The average molecular weight is 279 g/mol. The predicted molar refractivity (Wildman–Crippen MR) is 76.8 cm³/mol. The van der Waals surface area contributed by atoms with Gasteiger partial charge < -0.3 is 19.9 Å². The van der Waals surface area contributed by atoms with E-state index in [2.05, 4.69) is 5.32 Å². The number of phenolic OH excluding ortho intramolecular Hbond substituents is 1. The highest BCUT2D eigenvalue weighted by Crippen LogP contribution is 2.26. The van der Waals surface area contributed by atoms with E-state index in [4.69, 9.17) is 9.47 Å². The molecule has 0 saturated heterocycles. The summed E-state index contributed by atoms with van der Waals surface area (Å²) in [6.45, 7) is 4.63. The summed E-state index contributed by atoms with van der Waals surface area (Å²) in [5, 5.41) is 12.6. The first-order chi connectivity index (χ1) is 9.56. The number of carbonyl (C=O) groups is 1. The van der Waals surface area contributed by atoms with Gasteiger partial charge in [-0.1, -0.05) is 6.07 Å². The van der Waals surface area contributed by atoms with Crippen molar-refractivity contribution in [1.29, 1.82) is 0 Å². The van der Waals surface area contributed by atoms with E-state index in [1.54, 1.807) is 19.1 Å². The summed E-state index contributed by atoms with van der Waals surface area (Å²) in [6.07, 6.45) is 2.19. The van der Waals surface area contributed by atoms with Crippen LogP contribution < -0.4 is 10.1 Å². The fourth-order valence-corrected chi connectivity index (χ4v) is 1.69. The van der Waals surface area contributed by atoms with Gasteiger partial charge in [0.25, 0.3) is 0 Å². The lowest BCUT2D eigenvalue weighted by atomic mass is 10.1. The van der Waals surface area contributed by atoms with Crippen molar-refractivity contribution in [2.24, 2.45) is 0 Å². The summed E-state index contributed by atoms with van der Waals surface area (Å²) in [5.74, 6) is 0.243. The maximum atomic E-state index is 11.2. The van der Waals surface area contributed by atoms with Gasteiger partial charge in [0.05, 0.1) is 13.7 Å². The van der Waals surface area contributed by atoms with Gasteiger partial charge in [0.15, 0.2) is 11.5 Å². The molecular weight excluding hydrogens is 258 g/mol. The standard InChI is InChI=1S/C15H21NO4/c1-4-20-15(18)9-11(2)16-8-7-12-5-6-13(17)14(10-12)19-3/h5-6,9-10,16-17H,4,7-8H2,1-3H3. The molecule has 2 N–H and O–H groups in total. The molecule has 0 radical (unpaired) electrons. The van der Waals surface area contributed by atoms with Crippen LogP contribution in [0.2, 0.25) is 0 Å². The number of aromatic hydroxyl groups is 1. The van der Waals surface area contributed by atoms with E-state index in [0.717, 1.165) is 17.7 Å². The molecule has 5 heteroatoms. The smallest absolute Gasteiger partial charge is 0.332 e. The number of benzene rings is 1. The molecule has 0 aliphatic carbocycles. The summed E-state index contributed by atoms with van der Waals surface area (Å²) in [6, 6.07) is 5.24. The molecule has 0 spiro atoms. The van der Waals surface area contributed by atoms with Crippen LogP contribution in [0.15, 0.2) is 30.0 Å². The number of esters is 1. The Hall–Kier alpha value is -2.17. The van der Waals surface area contributed by atoms with Crippen molar-refractivity contribution < 1.29 is 19.4 Å². The number of nitrogens with one attached hydrogen (secondary N) is 1. The van der Waals surface area contributed by atoms with E-state index >= 15 is 0 Å². The summed E-state index contributed by atoms with van der Waals surface area (Å²) in [7, 11) is 1.52. The van der Waals surface area contributed by atoms with Crippen LogP contribution in [-0.4, -0.2) is 31.3 Å². The van der Waals surface area contributed by atoms with Gasteiger partial charge in [0.2, 0.25) is 0 Å². The molecule has 0 aliphatic rings. The van der Waals surface area contributed by atoms with Crippen molar-refractivity contribution in [2.45, 2.75) is 20.3 Å². The van der Waals surface area contributed by atoms with Gasteiger partial charge in [-0.2, -0.15) is 0 Å². The van der Waals surface area contributed by atoms with Gasteiger partial charge >= 0.3 is 5.97 Å². The van der Waals surface area contributed by atoms with Crippen LogP contribution in [0.4, 0.5) is 0 Å². The number of carbonyl (C=O) groups excluding carboxylic acids is 1. The van der Waals surface area contributed by atoms with E-state index < -0.39 is 0 Å². The van der Waals surface area contributed by atoms with Crippen molar-refractivity contribution in [3.63, 3.8) is 0 Å². The second kappa shape index (κ2) is 8.09. The highest BCUT2D eigenvalue weighted by molar-refractivity contribution is 5.82. The van der Waals surface area contributed by atoms with Crippen molar-refractivity contribution in [3.8, 4) is 11.5 Å². The Bertz CT molecular complexity index is 483. The summed E-state index contributed by atoms with van der Waals surface area (Å²) < 4.78 is 9.87. The summed E-state index contributed by atoms with van der Waals surface area (Å²) in [5.41, 5.74) is 1.80. The first-order valence-corrected chi connectivity index (χ1v) is 6.51. The summed E-state index contributed by atoms with van der Waals surface area (Å²) >= 11 is 0. The first-order valence-electron chi connectivity index (χ1n) is 6.51. The fourth-order valence-electron chi connectivity index (χ4n) is 1.69. The van der Waals surface area contributed by atoms with Gasteiger partial charge in [-0.05, 0) is 38.0 Å².